The van der Waals surface area contributed by atoms with Crippen molar-refractivity contribution < 1.29 is 53.7 Å². The van der Waals surface area contributed by atoms with Crippen LogP contribution < -0.4 is 49.5 Å². The van der Waals surface area contributed by atoms with Gasteiger partial charge in [0.15, 0.2) is 0 Å². The molecule has 1 aliphatic heterocycles. The SMILES string of the molecule is CCc1ccccc1CCNC(=O)c1ccc(Oc2cc3c(cc2Cl)C(C(=O)[O-])CCO3)cc1.[Na+]. The minimum absolute atomic E-state index is 0. The minimum atomic E-state index is -1.15. The van der Waals surface area contributed by atoms with Gasteiger partial charge in [0, 0.05) is 35.6 Å². The summed E-state index contributed by atoms with van der Waals surface area (Å²) < 4.78 is 11.5. The molecule has 1 amide bonds. The molecular formula is C27H25ClNNaO5. The van der Waals surface area contributed by atoms with Crippen LogP contribution in [0, 0.1) is 0 Å². The molecule has 1 atom stereocenters. The van der Waals surface area contributed by atoms with Gasteiger partial charge in [0.1, 0.15) is 17.2 Å². The van der Waals surface area contributed by atoms with E-state index in [1.165, 1.54) is 11.1 Å². The molecule has 0 saturated heterocycles. The van der Waals surface area contributed by atoms with Gasteiger partial charge in [-0.1, -0.05) is 42.8 Å². The van der Waals surface area contributed by atoms with Gasteiger partial charge in [0.2, 0.25) is 0 Å². The van der Waals surface area contributed by atoms with Crippen molar-refractivity contribution in [2.75, 3.05) is 13.2 Å². The molecule has 4 rings (SSSR count). The molecule has 1 unspecified atom stereocenters. The van der Waals surface area contributed by atoms with Gasteiger partial charge in [0.25, 0.3) is 5.91 Å². The Hall–Kier alpha value is -2.51. The minimum Gasteiger partial charge on any atom is -0.549 e. The maximum Gasteiger partial charge on any atom is 1.00 e. The monoisotopic (exact) mass is 501 g/mol. The first-order valence-corrected chi connectivity index (χ1v) is 11.6. The van der Waals surface area contributed by atoms with Crippen LogP contribution in [-0.4, -0.2) is 25.0 Å². The van der Waals surface area contributed by atoms with Crippen molar-refractivity contribution in [1.82, 2.24) is 5.32 Å². The zero-order valence-corrected chi connectivity index (χ0v) is 22.6. The van der Waals surface area contributed by atoms with E-state index in [0.717, 1.165) is 12.8 Å². The van der Waals surface area contributed by atoms with Crippen LogP contribution in [0.1, 0.15) is 46.3 Å². The summed E-state index contributed by atoms with van der Waals surface area (Å²) in [7, 11) is 0. The second kappa shape index (κ2) is 12.5. The normalized spacial score (nSPS) is 14.2. The predicted molar refractivity (Wildman–Crippen MR) is 128 cm³/mol. The quantitative estimate of drug-likeness (QED) is 0.470. The van der Waals surface area contributed by atoms with Gasteiger partial charge in [-0.25, -0.2) is 0 Å². The number of hydrogen-bond donors (Lipinski definition) is 1. The number of aryl methyl sites for hydroxylation is 1. The summed E-state index contributed by atoms with van der Waals surface area (Å²) in [5.74, 6) is -0.829. The van der Waals surface area contributed by atoms with Crippen LogP contribution in [0.15, 0.2) is 60.7 Å². The van der Waals surface area contributed by atoms with E-state index < -0.39 is 11.9 Å². The molecule has 0 aromatic heterocycles. The molecule has 0 bridgehead atoms. The molecule has 0 saturated carbocycles. The Balaban J connectivity index is 0.00000342. The van der Waals surface area contributed by atoms with Crippen molar-refractivity contribution in [3.05, 3.63) is 87.9 Å². The van der Waals surface area contributed by atoms with E-state index in [-0.39, 0.29) is 47.1 Å². The summed E-state index contributed by atoms with van der Waals surface area (Å²) in [5, 5.41) is 14.6. The number of carbonyl (C=O) groups is 2. The molecule has 176 valence electrons. The van der Waals surface area contributed by atoms with Gasteiger partial charge in [0.05, 0.1) is 11.6 Å². The largest absolute Gasteiger partial charge is 1.00 e. The molecule has 6 nitrogen and oxygen atoms in total. The molecule has 0 aliphatic carbocycles. The number of carbonyl (C=O) groups excluding carboxylic acids is 2. The van der Waals surface area contributed by atoms with E-state index in [0.29, 0.717) is 41.3 Å². The van der Waals surface area contributed by atoms with Crippen LogP contribution in [0.5, 0.6) is 17.2 Å². The maximum absolute atomic E-state index is 12.5. The Morgan fingerprint density at radius 3 is 2.51 bits per heavy atom. The van der Waals surface area contributed by atoms with Gasteiger partial charge >= 0.3 is 29.6 Å². The third kappa shape index (κ3) is 6.58. The van der Waals surface area contributed by atoms with Gasteiger partial charge in [-0.2, -0.15) is 0 Å². The fraction of sp³-hybridized carbons (Fsp3) is 0.259. The first kappa shape index (κ1) is 27.1. The molecule has 3 aromatic carbocycles. The number of carboxylic acid groups (broad SMARTS) is 1. The fourth-order valence-corrected chi connectivity index (χ4v) is 4.28. The van der Waals surface area contributed by atoms with Crippen LogP contribution in [0.3, 0.4) is 0 Å². The molecule has 35 heavy (non-hydrogen) atoms. The van der Waals surface area contributed by atoms with Crippen LogP contribution in [0.4, 0.5) is 0 Å². The van der Waals surface area contributed by atoms with Crippen molar-refractivity contribution in [2.45, 2.75) is 32.1 Å². The zero-order chi connectivity index (χ0) is 24.1. The van der Waals surface area contributed by atoms with E-state index in [9.17, 15) is 14.7 Å². The van der Waals surface area contributed by atoms with E-state index in [4.69, 9.17) is 21.1 Å². The number of rotatable bonds is 8. The van der Waals surface area contributed by atoms with Gasteiger partial charge in [-0.05, 0) is 60.7 Å². The van der Waals surface area contributed by atoms with Crippen LogP contribution in [-0.2, 0) is 17.6 Å². The number of benzene rings is 3. The smallest absolute Gasteiger partial charge is 0.549 e. The summed E-state index contributed by atoms with van der Waals surface area (Å²) in [6, 6.07) is 18.1. The van der Waals surface area contributed by atoms with Crippen LogP contribution in [0.25, 0.3) is 0 Å². The number of nitrogens with one attached hydrogen (secondary N) is 1. The van der Waals surface area contributed by atoms with Gasteiger partial charge in [-0.3, -0.25) is 4.79 Å². The average molecular weight is 502 g/mol. The average Bonchev–Trinajstić information content (AvgIpc) is 2.84. The Labute approximate surface area is 231 Å². The summed E-state index contributed by atoms with van der Waals surface area (Å²) >= 11 is 6.33. The Bertz CT molecular complexity index is 1200. The number of amides is 1. The number of halogens is 1. The topological polar surface area (TPSA) is 87.7 Å². The molecule has 1 N–H and O–H groups in total. The summed E-state index contributed by atoms with van der Waals surface area (Å²) in [5.41, 5.74) is 3.54. The molecule has 0 radical (unpaired) electrons. The molecule has 1 heterocycles. The van der Waals surface area contributed by atoms with Gasteiger partial charge in [-0.15, -0.1) is 0 Å². The van der Waals surface area contributed by atoms with E-state index in [2.05, 4.69) is 24.4 Å². The second-order valence-electron chi connectivity index (χ2n) is 8.08. The Morgan fingerprint density at radius 2 is 1.83 bits per heavy atom. The standard InChI is InChI=1S/C27H26ClNO5.Na/c1-2-17-5-3-4-6-18(17)11-13-29-26(30)19-7-9-20(10-8-19)34-25-16-24-22(15-23(25)28)21(27(31)32)12-14-33-24;/h3-10,15-16,21H,2,11-14H2,1H3,(H,29,30)(H,31,32);/q;+1/p-1. The van der Waals surface area contributed by atoms with Crippen molar-refractivity contribution >= 4 is 23.5 Å². The van der Waals surface area contributed by atoms with Crippen molar-refractivity contribution in [3.63, 3.8) is 0 Å². The van der Waals surface area contributed by atoms with E-state index >= 15 is 0 Å². The number of carboxylic acids is 1. The summed E-state index contributed by atoms with van der Waals surface area (Å²) in [4.78, 5) is 23.9. The first-order chi connectivity index (χ1) is 16.5. The maximum atomic E-state index is 12.5. The van der Waals surface area contributed by atoms with Crippen LogP contribution in [0.2, 0.25) is 5.02 Å². The molecule has 0 fully saturated rings. The van der Waals surface area contributed by atoms with Crippen molar-refractivity contribution in [1.29, 1.82) is 0 Å². The number of fused-ring (bicyclic) bond motifs is 1. The third-order valence-corrected chi connectivity index (χ3v) is 6.21. The summed E-state index contributed by atoms with van der Waals surface area (Å²) in [6.07, 6.45) is 2.07. The molecule has 1 aliphatic rings. The van der Waals surface area contributed by atoms with Crippen molar-refractivity contribution in [2.24, 2.45) is 0 Å². The molecule has 0 spiro atoms. The number of aliphatic carboxylic acids is 1. The summed E-state index contributed by atoms with van der Waals surface area (Å²) in [6.45, 7) is 2.95. The fourth-order valence-electron chi connectivity index (χ4n) is 4.07. The zero-order valence-electron chi connectivity index (χ0n) is 19.8. The Kier molecular flexibility index (Phi) is 9.63. The molecule has 3 aromatic rings. The Morgan fingerprint density at radius 1 is 1.11 bits per heavy atom. The number of hydrogen-bond acceptors (Lipinski definition) is 5. The van der Waals surface area contributed by atoms with Crippen LogP contribution >= 0.6 is 11.6 Å². The second-order valence-corrected chi connectivity index (χ2v) is 8.49. The predicted octanol–water partition coefficient (Wildman–Crippen LogP) is 1.29. The number of ether oxygens (including phenoxy) is 2. The van der Waals surface area contributed by atoms with E-state index in [1.54, 1.807) is 36.4 Å². The molecule has 8 heteroatoms. The van der Waals surface area contributed by atoms with Crippen molar-refractivity contribution in [3.8, 4) is 17.2 Å². The van der Waals surface area contributed by atoms with E-state index in [1.807, 2.05) is 12.1 Å². The van der Waals surface area contributed by atoms with Gasteiger partial charge < -0.3 is 24.7 Å². The third-order valence-electron chi connectivity index (χ3n) is 5.91. The molecular weight excluding hydrogens is 477 g/mol. The first-order valence-electron chi connectivity index (χ1n) is 11.3.